The molecule has 19 heavy (non-hydrogen) atoms. The van der Waals surface area contributed by atoms with Crippen LogP contribution in [0.1, 0.15) is 17.7 Å². The number of hydrogen-bond acceptors (Lipinski definition) is 2. The lowest BCUT2D eigenvalue weighted by Crippen LogP contribution is -2.26. The van der Waals surface area contributed by atoms with Crippen molar-refractivity contribution in [1.82, 2.24) is 9.55 Å². The van der Waals surface area contributed by atoms with Gasteiger partial charge in [0.25, 0.3) is 0 Å². The second-order valence-corrected chi connectivity index (χ2v) is 5.13. The number of imidazole rings is 1. The summed E-state index contributed by atoms with van der Waals surface area (Å²) in [6.07, 6.45) is 3.36. The number of fused-ring (bicyclic) bond motifs is 1. The smallest absolute Gasteiger partial charge is 0.308 e. The topological polar surface area (TPSA) is 55.1 Å². The zero-order chi connectivity index (χ0) is 13.4. The van der Waals surface area contributed by atoms with Crippen molar-refractivity contribution in [2.24, 2.45) is 5.92 Å². The maximum absolute atomic E-state index is 11.2. The van der Waals surface area contributed by atoms with Gasteiger partial charge in [0.1, 0.15) is 5.82 Å². The third-order valence-electron chi connectivity index (χ3n) is 3.72. The van der Waals surface area contributed by atoms with Crippen LogP contribution in [-0.2, 0) is 17.8 Å². The van der Waals surface area contributed by atoms with E-state index in [1.165, 1.54) is 5.56 Å². The first kappa shape index (κ1) is 12.0. The summed E-state index contributed by atoms with van der Waals surface area (Å²) in [6.45, 7) is 2.57. The Morgan fingerprint density at radius 3 is 3.05 bits per heavy atom. The van der Waals surface area contributed by atoms with Crippen molar-refractivity contribution in [3.63, 3.8) is 0 Å². The molecule has 1 unspecified atom stereocenters. The van der Waals surface area contributed by atoms with Gasteiger partial charge in [-0.05, 0) is 25.8 Å². The summed E-state index contributed by atoms with van der Waals surface area (Å²) in [5.74, 6) is -0.135. The highest BCUT2D eigenvalue weighted by Crippen LogP contribution is 2.27. The quantitative estimate of drug-likeness (QED) is 0.898. The zero-order valence-corrected chi connectivity index (χ0v) is 10.8. The number of nitrogens with zero attached hydrogens (tertiary/aromatic N) is 2. The number of aliphatic carboxylic acids is 1. The molecule has 98 valence electrons. The largest absolute Gasteiger partial charge is 0.481 e. The molecule has 1 aliphatic heterocycles. The van der Waals surface area contributed by atoms with Gasteiger partial charge in [0.2, 0.25) is 0 Å². The Balaban J connectivity index is 2.01. The highest BCUT2D eigenvalue weighted by Gasteiger charge is 2.26. The van der Waals surface area contributed by atoms with E-state index in [0.717, 1.165) is 23.5 Å². The number of rotatable bonds is 2. The van der Waals surface area contributed by atoms with E-state index in [2.05, 4.69) is 15.6 Å². The molecule has 0 aliphatic carbocycles. The third kappa shape index (κ3) is 2.14. The first-order valence-electron chi connectivity index (χ1n) is 6.49. The molecular formula is C15H16N2O2. The van der Waals surface area contributed by atoms with E-state index in [1.807, 2.05) is 31.3 Å². The lowest BCUT2D eigenvalue weighted by atomic mass is 9.98. The minimum absolute atomic E-state index is 0.301. The normalized spacial score (nSPS) is 18.1. The van der Waals surface area contributed by atoms with Crippen molar-refractivity contribution in [3.8, 4) is 11.4 Å². The molecule has 0 fully saturated rings. The summed E-state index contributed by atoms with van der Waals surface area (Å²) in [6, 6.07) is 8.15. The Kier molecular flexibility index (Phi) is 2.85. The maximum Gasteiger partial charge on any atom is 0.308 e. The number of hydrogen-bond donors (Lipinski definition) is 1. The minimum atomic E-state index is -0.713. The van der Waals surface area contributed by atoms with E-state index >= 15 is 0 Å². The number of carbonyl (C=O) groups is 1. The molecule has 1 aromatic heterocycles. The monoisotopic (exact) mass is 256 g/mol. The second-order valence-electron chi connectivity index (χ2n) is 5.13. The van der Waals surface area contributed by atoms with Crippen LogP contribution < -0.4 is 0 Å². The number of carboxylic acid groups (broad SMARTS) is 1. The fraction of sp³-hybridized carbons (Fsp3) is 0.333. The van der Waals surface area contributed by atoms with Crippen molar-refractivity contribution < 1.29 is 9.90 Å². The van der Waals surface area contributed by atoms with E-state index in [-0.39, 0.29) is 5.92 Å². The fourth-order valence-electron chi connectivity index (χ4n) is 2.66. The molecule has 0 spiro atoms. The van der Waals surface area contributed by atoms with Gasteiger partial charge >= 0.3 is 5.97 Å². The summed E-state index contributed by atoms with van der Waals surface area (Å²) >= 11 is 0. The molecule has 3 rings (SSSR count). The van der Waals surface area contributed by atoms with Crippen LogP contribution in [0.5, 0.6) is 0 Å². The maximum atomic E-state index is 11.2. The molecule has 4 heteroatoms. The van der Waals surface area contributed by atoms with Crippen LogP contribution in [0.4, 0.5) is 0 Å². The van der Waals surface area contributed by atoms with Crippen LogP contribution in [0.15, 0.2) is 30.5 Å². The molecular weight excluding hydrogens is 240 g/mol. The van der Waals surface area contributed by atoms with Gasteiger partial charge in [-0.15, -0.1) is 0 Å². The van der Waals surface area contributed by atoms with Gasteiger partial charge in [-0.2, -0.15) is 0 Å². The van der Waals surface area contributed by atoms with Crippen LogP contribution in [0, 0.1) is 12.8 Å². The van der Waals surface area contributed by atoms with Gasteiger partial charge < -0.3 is 9.67 Å². The van der Waals surface area contributed by atoms with Crippen molar-refractivity contribution in [2.75, 3.05) is 0 Å². The first-order valence-corrected chi connectivity index (χ1v) is 6.49. The molecule has 0 saturated carbocycles. The molecule has 1 atom stereocenters. The van der Waals surface area contributed by atoms with Crippen molar-refractivity contribution >= 4 is 5.97 Å². The summed E-state index contributed by atoms with van der Waals surface area (Å²) in [5.41, 5.74) is 3.37. The Morgan fingerprint density at radius 2 is 2.32 bits per heavy atom. The van der Waals surface area contributed by atoms with Gasteiger partial charge in [0.05, 0.1) is 5.92 Å². The highest BCUT2D eigenvalue weighted by atomic mass is 16.4. The molecule has 1 N–H and O–H groups in total. The molecule has 2 aromatic rings. The van der Waals surface area contributed by atoms with E-state index < -0.39 is 5.97 Å². The lowest BCUT2D eigenvalue weighted by molar-refractivity contribution is -0.142. The van der Waals surface area contributed by atoms with Crippen LogP contribution >= 0.6 is 0 Å². The van der Waals surface area contributed by atoms with Crippen molar-refractivity contribution in [3.05, 3.63) is 41.7 Å². The number of carboxylic acids is 1. The highest BCUT2D eigenvalue weighted by molar-refractivity contribution is 5.70. The van der Waals surface area contributed by atoms with E-state index in [4.69, 9.17) is 0 Å². The van der Waals surface area contributed by atoms with Gasteiger partial charge in [-0.1, -0.05) is 23.8 Å². The Bertz CT molecular complexity index is 631. The molecule has 1 aromatic carbocycles. The van der Waals surface area contributed by atoms with Gasteiger partial charge in [-0.3, -0.25) is 4.79 Å². The molecule has 1 aliphatic rings. The van der Waals surface area contributed by atoms with E-state index in [1.54, 1.807) is 0 Å². The molecule has 0 amide bonds. The SMILES string of the molecule is Cc1cccc(-c2ncc3n2CC(C(=O)O)CC3)c1. The van der Waals surface area contributed by atoms with Gasteiger partial charge in [-0.25, -0.2) is 4.98 Å². The minimum Gasteiger partial charge on any atom is -0.481 e. The lowest BCUT2D eigenvalue weighted by Gasteiger charge is -2.22. The first-order chi connectivity index (χ1) is 9.15. The molecule has 0 bridgehead atoms. The van der Waals surface area contributed by atoms with E-state index in [9.17, 15) is 9.90 Å². The Hall–Kier alpha value is -2.10. The van der Waals surface area contributed by atoms with Crippen LogP contribution in [-0.4, -0.2) is 20.6 Å². The summed E-state index contributed by atoms with van der Waals surface area (Å²) in [4.78, 5) is 15.6. The second kappa shape index (κ2) is 4.53. The summed E-state index contributed by atoms with van der Waals surface area (Å²) in [5, 5.41) is 9.17. The van der Waals surface area contributed by atoms with Gasteiger partial charge in [0.15, 0.2) is 0 Å². The predicted octanol–water partition coefficient (Wildman–Crippen LogP) is 2.51. The van der Waals surface area contributed by atoms with Gasteiger partial charge in [0, 0.05) is 24.0 Å². The fourth-order valence-corrected chi connectivity index (χ4v) is 2.66. The molecule has 0 saturated heterocycles. The van der Waals surface area contributed by atoms with E-state index in [0.29, 0.717) is 13.0 Å². The van der Waals surface area contributed by atoms with Crippen LogP contribution in [0.25, 0.3) is 11.4 Å². The van der Waals surface area contributed by atoms with Crippen molar-refractivity contribution in [2.45, 2.75) is 26.3 Å². The average molecular weight is 256 g/mol. The standard InChI is InChI=1S/C15H16N2O2/c1-10-3-2-4-11(7-10)14-16-8-13-6-5-12(15(18)19)9-17(13)14/h2-4,7-8,12H,5-6,9H2,1H3,(H,18,19). The number of benzene rings is 1. The molecule has 4 nitrogen and oxygen atoms in total. The predicted molar refractivity (Wildman–Crippen MR) is 71.8 cm³/mol. The molecule has 2 heterocycles. The molecule has 0 radical (unpaired) electrons. The van der Waals surface area contributed by atoms with Crippen molar-refractivity contribution in [1.29, 1.82) is 0 Å². The number of aromatic nitrogens is 2. The van der Waals surface area contributed by atoms with Crippen LogP contribution in [0.3, 0.4) is 0 Å². The Labute approximate surface area is 111 Å². The Morgan fingerprint density at radius 1 is 1.47 bits per heavy atom. The number of aryl methyl sites for hydroxylation is 2. The summed E-state index contributed by atoms with van der Waals surface area (Å²) < 4.78 is 2.05. The van der Waals surface area contributed by atoms with Crippen LogP contribution in [0.2, 0.25) is 0 Å². The third-order valence-corrected chi connectivity index (χ3v) is 3.72. The summed E-state index contributed by atoms with van der Waals surface area (Å²) in [7, 11) is 0. The zero-order valence-electron chi connectivity index (χ0n) is 10.8. The average Bonchev–Trinajstić information content (AvgIpc) is 2.81.